The molecule has 1 aromatic carbocycles. The summed E-state index contributed by atoms with van der Waals surface area (Å²) in [5.74, 6) is -0.851. The molecule has 3 saturated heterocycles. The second kappa shape index (κ2) is 6.82. The fourth-order valence-corrected chi connectivity index (χ4v) is 5.09. The lowest BCUT2D eigenvalue weighted by Crippen LogP contribution is -2.45. The average molecular weight is 410 g/mol. The van der Waals surface area contributed by atoms with Gasteiger partial charge in [0.15, 0.2) is 0 Å². The molecule has 4 aliphatic rings. The summed E-state index contributed by atoms with van der Waals surface area (Å²) >= 11 is 0. The summed E-state index contributed by atoms with van der Waals surface area (Å²) < 4.78 is 64.5. The Kier molecular flexibility index (Phi) is 4.49. The van der Waals surface area contributed by atoms with Gasteiger partial charge in [-0.15, -0.1) is 8.78 Å². The summed E-state index contributed by atoms with van der Waals surface area (Å²) in [6, 6.07) is 3.75. The quantitative estimate of drug-likeness (QED) is 0.751. The van der Waals surface area contributed by atoms with Gasteiger partial charge >= 0.3 is 6.29 Å². The van der Waals surface area contributed by atoms with E-state index in [9.17, 15) is 17.6 Å². The summed E-state index contributed by atoms with van der Waals surface area (Å²) in [5.41, 5.74) is 1.84. The van der Waals surface area contributed by atoms with E-state index in [0.29, 0.717) is 13.0 Å². The van der Waals surface area contributed by atoms with Crippen LogP contribution in [0.4, 0.5) is 17.6 Å². The van der Waals surface area contributed by atoms with Crippen molar-refractivity contribution in [2.75, 3.05) is 13.1 Å². The third-order valence-corrected chi connectivity index (χ3v) is 6.39. The molecule has 3 heterocycles. The van der Waals surface area contributed by atoms with Crippen molar-refractivity contribution in [2.24, 2.45) is 5.92 Å². The van der Waals surface area contributed by atoms with Crippen molar-refractivity contribution in [2.45, 2.75) is 50.4 Å². The zero-order chi connectivity index (χ0) is 20.3. The number of likely N-dealkylation sites (tertiary alicyclic amines) is 1. The van der Waals surface area contributed by atoms with Gasteiger partial charge in [0, 0.05) is 36.4 Å². The fraction of sp³-hybridized carbons (Fsp3) is 0.524. The Labute approximate surface area is 166 Å². The van der Waals surface area contributed by atoms with Crippen molar-refractivity contribution in [1.82, 2.24) is 10.2 Å². The van der Waals surface area contributed by atoms with Crippen molar-refractivity contribution < 1.29 is 27.0 Å². The Morgan fingerprint density at radius 1 is 1.10 bits per heavy atom. The smallest absolute Gasteiger partial charge is 0.371 e. The molecule has 0 saturated carbocycles. The van der Waals surface area contributed by atoms with E-state index in [1.54, 1.807) is 12.2 Å². The molecule has 1 N–H and O–H groups in total. The van der Waals surface area contributed by atoms with Gasteiger partial charge in [0.05, 0.1) is 0 Å². The van der Waals surface area contributed by atoms with Crippen LogP contribution in [0.3, 0.4) is 0 Å². The Hall–Kier alpha value is -1.90. The van der Waals surface area contributed by atoms with Crippen molar-refractivity contribution in [3.05, 3.63) is 58.8 Å². The summed E-state index contributed by atoms with van der Waals surface area (Å²) in [7, 11) is 0. The number of alkyl halides is 2. The number of hydrogen-bond acceptors (Lipinski definition) is 4. The van der Waals surface area contributed by atoms with Crippen molar-refractivity contribution >= 4 is 0 Å². The predicted molar refractivity (Wildman–Crippen MR) is 96.9 cm³/mol. The lowest BCUT2D eigenvalue weighted by Gasteiger charge is -2.39. The summed E-state index contributed by atoms with van der Waals surface area (Å²) in [5, 5.41) is 3.39. The molecule has 5 rings (SSSR count). The number of rotatable bonds is 2. The Bertz CT molecular complexity index is 867. The molecular formula is C21H22F4N2O2. The molecule has 0 aromatic heterocycles. The average Bonchev–Trinajstić information content (AvgIpc) is 3.18. The lowest BCUT2D eigenvalue weighted by atomic mass is 9.89. The van der Waals surface area contributed by atoms with Crippen LogP contribution >= 0.6 is 0 Å². The second-order valence-corrected chi connectivity index (χ2v) is 8.22. The third kappa shape index (κ3) is 3.37. The molecule has 0 radical (unpaired) electrons. The highest BCUT2D eigenvalue weighted by Gasteiger charge is 2.50. The van der Waals surface area contributed by atoms with Gasteiger partial charge in [-0.2, -0.15) is 0 Å². The number of benzene rings is 1. The van der Waals surface area contributed by atoms with Crippen LogP contribution in [0.1, 0.15) is 31.4 Å². The van der Waals surface area contributed by atoms with Crippen LogP contribution < -0.4 is 5.32 Å². The number of piperidine rings is 1. The fourth-order valence-electron chi connectivity index (χ4n) is 5.09. The van der Waals surface area contributed by atoms with Crippen LogP contribution in [0.25, 0.3) is 0 Å². The van der Waals surface area contributed by atoms with E-state index in [-0.39, 0.29) is 23.6 Å². The van der Waals surface area contributed by atoms with Gasteiger partial charge in [0.25, 0.3) is 0 Å². The Morgan fingerprint density at radius 3 is 2.52 bits per heavy atom. The molecule has 5 unspecified atom stereocenters. The number of fused-ring (bicyclic) bond motifs is 2. The van der Waals surface area contributed by atoms with Crippen LogP contribution in [0.2, 0.25) is 0 Å². The molecule has 0 amide bonds. The number of hydrogen-bond donors (Lipinski definition) is 1. The van der Waals surface area contributed by atoms with E-state index < -0.39 is 30.1 Å². The molecular weight excluding hydrogens is 388 g/mol. The maximum atomic E-state index is 14.2. The van der Waals surface area contributed by atoms with Crippen molar-refractivity contribution in [3.63, 3.8) is 0 Å². The van der Waals surface area contributed by atoms with E-state index >= 15 is 0 Å². The number of halogens is 4. The summed E-state index contributed by atoms with van der Waals surface area (Å²) in [4.78, 5) is 2.16. The van der Waals surface area contributed by atoms with Crippen LogP contribution in [-0.2, 0) is 9.47 Å². The minimum Gasteiger partial charge on any atom is -0.371 e. The van der Waals surface area contributed by atoms with Crippen LogP contribution in [0.15, 0.2) is 41.6 Å². The SMILES string of the molecule is CC1=CC2OC(F)(F)OC2C=C1N1CCC2NC(c3c(F)cccc3F)CC2C1. The Morgan fingerprint density at radius 2 is 1.79 bits per heavy atom. The molecule has 3 fully saturated rings. The Balaban J connectivity index is 1.32. The topological polar surface area (TPSA) is 33.7 Å². The van der Waals surface area contributed by atoms with E-state index in [4.69, 9.17) is 4.74 Å². The van der Waals surface area contributed by atoms with Gasteiger partial charge in [0.1, 0.15) is 23.8 Å². The molecule has 3 aliphatic heterocycles. The highest BCUT2D eigenvalue weighted by molar-refractivity contribution is 5.36. The van der Waals surface area contributed by atoms with Crippen LogP contribution in [-0.4, -0.2) is 42.5 Å². The number of ether oxygens (including phenoxy) is 2. The standard InChI is InChI=1S/C21H22F4N2O2/c1-11-7-18-19(29-21(24,25)28-18)9-17(11)27-6-5-15-12(10-27)8-16(26-15)20-13(22)3-2-4-14(20)23/h2-4,7,9,12,15-16,18-19,26H,5-6,8,10H2,1H3. The molecule has 0 spiro atoms. The van der Waals surface area contributed by atoms with E-state index in [1.165, 1.54) is 18.2 Å². The molecule has 0 bridgehead atoms. The van der Waals surface area contributed by atoms with Gasteiger partial charge in [-0.25, -0.2) is 8.78 Å². The van der Waals surface area contributed by atoms with Gasteiger partial charge < -0.3 is 10.2 Å². The largest absolute Gasteiger partial charge is 0.486 e. The first-order chi connectivity index (χ1) is 13.8. The second-order valence-electron chi connectivity index (χ2n) is 8.22. The molecule has 1 aromatic rings. The number of nitrogens with one attached hydrogen (secondary N) is 1. The van der Waals surface area contributed by atoms with Crippen molar-refractivity contribution in [1.29, 1.82) is 0 Å². The molecule has 4 nitrogen and oxygen atoms in total. The lowest BCUT2D eigenvalue weighted by molar-refractivity contribution is -0.347. The third-order valence-electron chi connectivity index (χ3n) is 6.39. The van der Waals surface area contributed by atoms with E-state index in [1.807, 2.05) is 6.92 Å². The molecule has 8 heteroatoms. The van der Waals surface area contributed by atoms with Gasteiger partial charge in [-0.1, -0.05) is 6.07 Å². The van der Waals surface area contributed by atoms with Gasteiger partial charge in [-0.05, 0) is 55.5 Å². The normalized spacial score (nSPS) is 35.8. The van der Waals surface area contributed by atoms with E-state index in [0.717, 1.165) is 24.2 Å². The summed E-state index contributed by atoms with van der Waals surface area (Å²) in [6.45, 7) is 3.29. The first kappa shape index (κ1) is 19.1. The van der Waals surface area contributed by atoms with Gasteiger partial charge in [0.2, 0.25) is 0 Å². The monoisotopic (exact) mass is 410 g/mol. The predicted octanol–water partition coefficient (Wildman–Crippen LogP) is 3.87. The minimum absolute atomic E-state index is 0.1000. The van der Waals surface area contributed by atoms with Gasteiger partial charge in [-0.3, -0.25) is 9.47 Å². The number of allylic oxidation sites excluding steroid dienone is 1. The molecule has 29 heavy (non-hydrogen) atoms. The van der Waals surface area contributed by atoms with E-state index in [2.05, 4.69) is 15.0 Å². The first-order valence-corrected chi connectivity index (χ1v) is 9.90. The van der Waals surface area contributed by atoms with Crippen LogP contribution in [0, 0.1) is 17.6 Å². The zero-order valence-electron chi connectivity index (χ0n) is 15.9. The molecule has 156 valence electrons. The zero-order valence-corrected chi connectivity index (χ0v) is 15.9. The van der Waals surface area contributed by atoms with Crippen molar-refractivity contribution in [3.8, 4) is 0 Å². The highest BCUT2D eigenvalue weighted by atomic mass is 19.3. The molecule has 5 atom stereocenters. The first-order valence-electron chi connectivity index (χ1n) is 9.90. The minimum atomic E-state index is -3.57. The number of nitrogens with zero attached hydrogens (tertiary/aromatic N) is 1. The highest BCUT2D eigenvalue weighted by Crippen LogP contribution is 2.41. The maximum absolute atomic E-state index is 14.2. The van der Waals surface area contributed by atoms with Crippen LogP contribution in [0.5, 0.6) is 0 Å². The molecule has 1 aliphatic carbocycles. The summed E-state index contributed by atoms with van der Waals surface area (Å²) in [6.07, 6.45) is -0.356. The maximum Gasteiger partial charge on any atom is 0.486 e.